The Morgan fingerprint density at radius 3 is 2.89 bits per heavy atom. The molecule has 0 aromatic heterocycles. The minimum Gasteiger partial charge on any atom is -0.494 e. The lowest BCUT2D eigenvalue weighted by atomic mass is 10.0. The van der Waals surface area contributed by atoms with E-state index >= 15 is 0 Å². The van der Waals surface area contributed by atoms with Crippen LogP contribution in [-0.2, 0) is 4.74 Å². The van der Waals surface area contributed by atoms with Crippen LogP contribution in [0.5, 0.6) is 5.75 Å². The number of rotatable bonds is 5. The minimum atomic E-state index is -0.352. The van der Waals surface area contributed by atoms with Crippen molar-refractivity contribution in [1.82, 2.24) is 4.90 Å². The van der Waals surface area contributed by atoms with Gasteiger partial charge >= 0.3 is 0 Å². The van der Waals surface area contributed by atoms with Crippen molar-refractivity contribution < 1.29 is 13.9 Å². The highest BCUT2D eigenvalue weighted by atomic mass is 19.1. The molecule has 5 heteroatoms. The molecule has 0 radical (unpaired) electrons. The molecule has 1 aromatic carbocycles. The van der Waals surface area contributed by atoms with Gasteiger partial charge in [-0.05, 0) is 31.2 Å². The molecule has 1 saturated heterocycles. The molecule has 1 aliphatic heterocycles. The number of hydrogen-bond donors (Lipinski definition) is 1. The number of halogens is 1. The van der Waals surface area contributed by atoms with E-state index in [-0.39, 0.29) is 17.6 Å². The summed E-state index contributed by atoms with van der Waals surface area (Å²) in [6.45, 7) is 1.94. The fourth-order valence-electron chi connectivity index (χ4n) is 2.53. The number of benzene rings is 1. The van der Waals surface area contributed by atoms with Gasteiger partial charge in [0.15, 0.2) is 11.6 Å². The molecule has 2 rings (SSSR count). The molecule has 1 fully saturated rings. The molecule has 2 atom stereocenters. The van der Waals surface area contributed by atoms with E-state index in [1.165, 1.54) is 13.2 Å². The van der Waals surface area contributed by atoms with E-state index in [1.807, 2.05) is 13.1 Å². The van der Waals surface area contributed by atoms with Gasteiger partial charge in [-0.15, -0.1) is 0 Å². The summed E-state index contributed by atoms with van der Waals surface area (Å²) in [6, 6.07) is 5.35. The molecule has 0 spiro atoms. The van der Waals surface area contributed by atoms with Crippen molar-refractivity contribution in [3.05, 3.63) is 29.6 Å². The molecular formula is C14H21FN2O2. The molecule has 1 aliphatic rings. The van der Waals surface area contributed by atoms with Crippen LogP contribution in [-0.4, -0.2) is 44.9 Å². The zero-order valence-corrected chi connectivity index (χ0v) is 11.4. The molecule has 4 nitrogen and oxygen atoms in total. The van der Waals surface area contributed by atoms with E-state index in [0.717, 1.165) is 18.6 Å². The standard InChI is InChI=1S/C14H21FN2O2/c1-17(11-5-6-19-9-11)13(8-16)10-3-4-14(18-2)12(15)7-10/h3-4,7,11,13H,5-6,8-9,16H2,1-2H3. The van der Waals surface area contributed by atoms with E-state index in [1.54, 1.807) is 6.07 Å². The predicted molar refractivity (Wildman–Crippen MR) is 71.7 cm³/mol. The lowest BCUT2D eigenvalue weighted by Gasteiger charge is -2.31. The summed E-state index contributed by atoms with van der Waals surface area (Å²) in [5, 5.41) is 0. The molecule has 1 heterocycles. The van der Waals surface area contributed by atoms with Gasteiger partial charge in [-0.1, -0.05) is 6.07 Å². The number of likely N-dealkylation sites (N-methyl/N-ethyl adjacent to an activating group) is 1. The van der Waals surface area contributed by atoms with Gasteiger partial charge in [0, 0.05) is 25.2 Å². The van der Waals surface area contributed by atoms with Gasteiger partial charge in [-0.2, -0.15) is 0 Å². The average Bonchev–Trinajstić information content (AvgIpc) is 2.93. The summed E-state index contributed by atoms with van der Waals surface area (Å²) in [5.41, 5.74) is 6.73. The lowest BCUT2D eigenvalue weighted by Crippen LogP contribution is -2.39. The van der Waals surface area contributed by atoms with Crippen LogP contribution in [0.25, 0.3) is 0 Å². The van der Waals surface area contributed by atoms with E-state index in [0.29, 0.717) is 19.2 Å². The van der Waals surface area contributed by atoms with Gasteiger partial charge in [0.05, 0.1) is 13.7 Å². The van der Waals surface area contributed by atoms with Gasteiger partial charge in [0.1, 0.15) is 0 Å². The first kappa shape index (κ1) is 14.2. The Balaban J connectivity index is 2.18. The Morgan fingerprint density at radius 1 is 1.58 bits per heavy atom. The second kappa shape index (κ2) is 6.32. The van der Waals surface area contributed by atoms with Crippen LogP contribution < -0.4 is 10.5 Å². The van der Waals surface area contributed by atoms with Crippen LogP contribution in [0.15, 0.2) is 18.2 Å². The van der Waals surface area contributed by atoms with Gasteiger partial charge in [-0.25, -0.2) is 4.39 Å². The molecular weight excluding hydrogens is 247 g/mol. The van der Waals surface area contributed by atoms with Gasteiger partial charge < -0.3 is 15.2 Å². The Bertz CT molecular complexity index is 422. The van der Waals surface area contributed by atoms with Crippen LogP contribution in [0.2, 0.25) is 0 Å². The summed E-state index contributed by atoms with van der Waals surface area (Å²) in [4.78, 5) is 2.17. The molecule has 0 bridgehead atoms. The first-order valence-corrected chi connectivity index (χ1v) is 6.50. The third-order valence-electron chi connectivity index (χ3n) is 3.76. The zero-order valence-electron chi connectivity index (χ0n) is 11.4. The van der Waals surface area contributed by atoms with E-state index in [9.17, 15) is 4.39 Å². The van der Waals surface area contributed by atoms with Crippen molar-refractivity contribution >= 4 is 0 Å². The Kier molecular flexibility index (Phi) is 4.74. The maximum absolute atomic E-state index is 13.8. The topological polar surface area (TPSA) is 47.7 Å². The van der Waals surface area contributed by atoms with Crippen molar-refractivity contribution in [1.29, 1.82) is 0 Å². The highest BCUT2D eigenvalue weighted by Gasteiger charge is 2.27. The highest BCUT2D eigenvalue weighted by molar-refractivity contribution is 5.31. The molecule has 0 amide bonds. The van der Waals surface area contributed by atoms with Gasteiger partial charge in [-0.3, -0.25) is 4.90 Å². The number of ether oxygens (including phenoxy) is 2. The lowest BCUT2D eigenvalue weighted by molar-refractivity contribution is 0.134. The van der Waals surface area contributed by atoms with E-state index in [4.69, 9.17) is 15.2 Å². The van der Waals surface area contributed by atoms with Gasteiger partial charge in [0.2, 0.25) is 0 Å². The summed E-state index contributed by atoms with van der Waals surface area (Å²) >= 11 is 0. The van der Waals surface area contributed by atoms with Crippen molar-refractivity contribution in [3.63, 3.8) is 0 Å². The fourth-order valence-corrected chi connectivity index (χ4v) is 2.53. The van der Waals surface area contributed by atoms with Crippen molar-refractivity contribution in [2.75, 3.05) is 33.9 Å². The number of nitrogens with two attached hydrogens (primary N) is 1. The molecule has 19 heavy (non-hydrogen) atoms. The smallest absolute Gasteiger partial charge is 0.165 e. The van der Waals surface area contributed by atoms with E-state index in [2.05, 4.69) is 4.90 Å². The number of methoxy groups -OCH3 is 1. The molecule has 0 saturated carbocycles. The average molecular weight is 268 g/mol. The Labute approximate surface area is 113 Å². The summed E-state index contributed by atoms with van der Waals surface area (Å²) in [6.07, 6.45) is 0.992. The molecule has 2 N–H and O–H groups in total. The van der Waals surface area contributed by atoms with Crippen molar-refractivity contribution in [2.24, 2.45) is 5.73 Å². The van der Waals surface area contributed by atoms with Crippen LogP contribution in [0.3, 0.4) is 0 Å². The van der Waals surface area contributed by atoms with Crippen LogP contribution in [0.4, 0.5) is 4.39 Å². The van der Waals surface area contributed by atoms with Crippen LogP contribution >= 0.6 is 0 Å². The summed E-state index contributed by atoms with van der Waals surface area (Å²) in [5.74, 6) is -0.0964. The second-order valence-electron chi connectivity index (χ2n) is 4.83. The maximum Gasteiger partial charge on any atom is 0.165 e. The summed E-state index contributed by atoms with van der Waals surface area (Å²) in [7, 11) is 3.47. The van der Waals surface area contributed by atoms with Crippen LogP contribution in [0.1, 0.15) is 18.0 Å². The number of hydrogen-bond acceptors (Lipinski definition) is 4. The SMILES string of the molecule is COc1ccc(C(CN)N(C)C2CCOC2)cc1F. The predicted octanol–water partition coefficient (Wildman–Crippen LogP) is 1.55. The van der Waals surface area contributed by atoms with Crippen molar-refractivity contribution in [2.45, 2.75) is 18.5 Å². The molecule has 0 aliphatic carbocycles. The molecule has 106 valence electrons. The maximum atomic E-state index is 13.8. The second-order valence-corrected chi connectivity index (χ2v) is 4.83. The van der Waals surface area contributed by atoms with Gasteiger partial charge in [0.25, 0.3) is 0 Å². The third-order valence-corrected chi connectivity index (χ3v) is 3.76. The Hall–Kier alpha value is -1.17. The fraction of sp³-hybridized carbons (Fsp3) is 0.571. The van der Waals surface area contributed by atoms with Crippen molar-refractivity contribution in [3.8, 4) is 5.75 Å². The minimum absolute atomic E-state index is 0.00731. The van der Waals surface area contributed by atoms with E-state index < -0.39 is 0 Å². The highest BCUT2D eigenvalue weighted by Crippen LogP contribution is 2.27. The zero-order chi connectivity index (χ0) is 13.8. The number of nitrogens with zero attached hydrogens (tertiary/aromatic N) is 1. The Morgan fingerprint density at radius 2 is 2.37 bits per heavy atom. The third kappa shape index (κ3) is 3.05. The monoisotopic (exact) mass is 268 g/mol. The quantitative estimate of drug-likeness (QED) is 0.880. The largest absolute Gasteiger partial charge is 0.494 e. The van der Waals surface area contributed by atoms with Crippen LogP contribution in [0, 0.1) is 5.82 Å². The molecule has 2 unspecified atom stereocenters. The summed E-state index contributed by atoms with van der Waals surface area (Å²) < 4.78 is 24.1. The normalized spacial score (nSPS) is 20.8. The first-order chi connectivity index (χ1) is 9.17. The first-order valence-electron chi connectivity index (χ1n) is 6.50. The molecule has 1 aromatic rings.